The fourth-order valence-corrected chi connectivity index (χ4v) is 5.81. The highest BCUT2D eigenvalue weighted by Gasteiger charge is 2.36. The molecule has 0 aromatic heterocycles. The van der Waals surface area contributed by atoms with Crippen molar-refractivity contribution < 1.29 is 24.2 Å². The summed E-state index contributed by atoms with van der Waals surface area (Å²) in [7, 11) is 0. The van der Waals surface area contributed by atoms with Crippen LogP contribution >= 0.6 is 11.6 Å². The minimum atomic E-state index is -1.06. The third-order valence-corrected chi connectivity index (χ3v) is 8.45. The summed E-state index contributed by atoms with van der Waals surface area (Å²) < 4.78 is 5.56. The van der Waals surface area contributed by atoms with E-state index in [0.717, 1.165) is 55.2 Å². The number of hydrogen-bond acceptors (Lipinski definition) is 5. The number of nitrogens with zero attached hydrogens (tertiary/aromatic N) is 1. The van der Waals surface area contributed by atoms with Crippen molar-refractivity contribution in [2.24, 2.45) is 0 Å². The van der Waals surface area contributed by atoms with Gasteiger partial charge in [0.05, 0.1) is 10.7 Å². The van der Waals surface area contributed by atoms with Crippen molar-refractivity contribution in [3.05, 3.63) is 94.0 Å². The molecule has 3 aromatic carbocycles. The van der Waals surface area contributed by atoms with Crippen LogP contribution in [0, 0.1) is 6.92 Å². The van der Waals surface area contributed by atoms with Gasteiger partial charge in [0.25, 0.3) is 5.91 Å². The second-order valence-corrected chi connectivity index (χ2v) is 13.7. The van der Waals surface area contributed by atoms with E-state index >= 15 is 0 Å². The molecular weight excluding hydrogens is 626 g/mol. The summed E-state index contributed by atoms with van der Waals surface area (Å²) >= 11 is 6.54. The number of anilines is 1. The van der Waals surface area contributed by atoms with Crippen LogP contribution in [0.2, 0.25) is 5.02 Å². The minimum absolute atomic E-state index is 0.0913. The molecule has 260 valence electrons. The second-order valence-electron chi connectivity index (χ2n) is 13.3. The van der Waals surface area contributed by atoms with E-state index in [-0.39, 0.29) is 12.2 Å². The Morgan fingerprint density at radius 2 is 1.50 bits per heavy atom. The monoisotopic (exact) mass is 677 g/mol. The first-order chi connectivity index (χ1) is 22.8. The van der Waals surface area contributed by atoms with E-state index in [0.29, 0.717) is 29.2 Å². The van der Waals surface area contributed by atoms with Crippen molar-refractivity contribution in [1.82, 2.24) is 10.2 Å². The summed E-state index contributed by atoms with van der Waals surface area (Å²) in [5.74, 6) is -0.734. The number of aryl methyl sites for hydroxylation is 2. The number of nitrogens with one attached hydrogen (secondary N) is 2. The Hall–Kier alpha value is -4.04. The molecule has 0 radical (unpaired) electrons. The normalized spacial score (nSPS) is 12.6. The quantitative estimate of drug-likeness (QED) is 0.131. The number of unbranched alkanes of at least 4 members (excludes halogenated alkanes) is 5. The Morgan fingerprint density at radius 1 is 0.875 bits per heavy atom. The Balaban J connectivity index is 2.09. The molecule has 8 nitrogen and oxygen atoms in total. The Morgan fingerprint density at radius 3 is 2.10 bits per heavy atom. The first-order valence-electron chi connectivity index (χ1n) is 17.1. The lowest BCUT2D eigenvalue weighted by Gasteiger charge is -2.35. The van der Waals surface area contributed by atoms with Gasteiger partial charge in [-0.1, -0.05) is 106 Å². The van der Waals surface area contributed by atoms with Crippen LogP contribution in [0.4, 0.5) is 10.5 Å². The predicted molar refractivity (Wildman–Crippen MR) is 193 cm³/mol. The third kappa shape index (κ3) is 11.9. The number of hydrogen-bond donors (Lipinski definition) is 3. The number of ether oxygens (including phenoxy) is 1. The summed E-state index contributed by atoms with van der Waals surface area (Å²) in [6, 6.07) is 17.5. The van der Waals surface area contributed by atoms with Gasteiger partial charge < -0.3 is 25.4 Å². The summed E-state index contributed by atoms with van der Waals surface area (Å²) in [5.41, 5.74) is 2.96. The van der Waals surface area contributed by atoms with E-state index in [1.54, 1.807) is 43.9 Å². The van der Waals surface area contributed by atoms with Gasteiger partial charge in [-0.2, -0.15) is 0 Å². The van der Waals surface area contributed by atoms with E-state index in [1.807, 2.05) is 43.3 Å². The molecule has 3 amide bonds. The van der Waals surface area contributed by atoms with Gasteiger partial charge in [0, 0.05) is 13.0 Å². The Bertz CT molecular complexity index is 1460. The van der Waals surface area contributed by atoms with Crippen LogP contribution in [-0.4, -0.2) is 46.1 Å². The number of phenolic OH excluding ortho intramolecular Hbond substituents is 1. The molecule has 0 aliphatic carbocycles. The molecule has 0 saturated carbocycles. The number of halogens is 1. The van der Waals surface area contributed by atoms with E-state index in [9.17, 15) is 19.5 Å². The van der Waals surface area contributed by atoms with Gasteiger partial charge >= 0.3 is 6.09 Å². The van der Waals surface area contributed by atoms with Crippen LogP contribution in [0.15, 0.2) is 66.7 Å². The van der Waals surface area contributed by atoms with Crippen LogP contribution in [0.1, 0.15) is 101 Å². The molecule has 0 fully saturated rings. The lowest BCUT2D eigenvalue weighted by atomic mass is 9.98. The van der Waals surface area contributed by atoms with Crippen LogP contribution < -0.4 is 10.6 Å². The third-order valence-electron chi connectivity index (χ3n) is 8.13. The summed E-state index contributed by atoms with van der Waals surface area (Å²) in [6.07, 6.45) is 6.16. The molecule has 2 atom stereocenters. The molecule has 0 bridgehead atoms. The lowest BCUT2D eigenvalue weighted by Crippen LogP contribution is -2.53. The molecule has 0 saturated heterocycles. The maximum Gasteiger partial charge on any atom is 0.408 e. The zero-order valence-corrected chi connectivity index (χ0v) is 30.0. The van der Waals surface area contributed by atoms with Crippen molar-refractivity contribution in [2.45, 2.75) is 111 Å². The number of aromatic hydroxyl groups is 1. The highest BCUT2D eigenvalue weighted by Crippen LogP contribution is 2.30. The molecule has 48 heavy (non-hydrogen) atoms. The van der Waals surface area contributed by atoms with Crippen molar-refractivity contribution in [3.63, 3.8) is 0 Å². The first-order valence-corrected chi connectivity index (χ1v) is 17.4. The maximum absolute atomic E-state index is 14.8. The maximum atomic E-state index is 14.8. The summed E-state index contributed by atoms with van der Waals surface area (Å²) in [4.78, 5) is 43.9. The van der Waals surface area contributed by atoms with Crippen LogP contribution in [0.25, 0.3) is 0 Å². The van der Waals surface area contributed by atoms with Gasteiger partial charge in [0.15, 0.2) is 0 Å². The van der Waals surface area contributed by atoms with Gasteiger partial charge in [0.2, 0.25) is 5.91 Å². The standard InChI is InChI=1S/C39H52ClN3O5/c1-7-9-10-11-12-13-25-43(37(46)33(41-38(47)48-39(4,5)6)26-29-19-23-31(44)24-20-29)35(30-21-17-28(8-2)18-22-30)36(45)42-34-27(3)15-14-16-32(34)40/h14-24,33,35,44H,7-13,25-26H2,1-6H3,(H,41,47)(H,42,45). The number of carbonyl (C=O) groups excluding carboxylic acids is 3. The molecular formula is C39H52ClN3O5. The molecule has 3 rings (SSSR count). The van der Waals surface area contributed by atoms with Gasteiger partial charge in [-0.25, -0.2) is 4.79 Å². The van der Waals surface area contributed by atoms with Crippen LogP contribution in [-0.2, 0) is 27.2 Å². The van der Waals surface area contributed by atoms with Crippen LogP contribution in [0.3, 0.4) is 0 Å². The van der Waals surface area contributed by atoms with Gasteiger partial charge in [-0.15, -0.1) is 0 Å². The number of amides is 3. The molecule has 2 unspecified atom stereocenters. The number of rotatable bonds is 16. The molecule has 0 aliphatic heterocycles. The van der Waals surface area contributed by atoms with Gasteiger partial charge in [-0.3, -0.25) is 9.59 Å². The fraction of sp³-hybridized carbons (Fsp3) is 0.462. The number of para-hydroxylation sites is 1. The predicted octanol–water partition coefficient (Wildman–Crippen LogP) is 8.92. The molecule has 3 aromatic rings. The van der Waals surface area contributed by atoms with Crippen LogP contribution in [0.5, 0.6) is 5.75 Å². The fourth-order valence-electron chi connectivity index (χ4n) is 5.54. The number of phenols is 1. The number of carbonyl (C=O) groups is 3. The van der Waals surface area contributed by atoms with E-state index in [1.165, 1.54) is 12.1 Å². The molecule has 0 heterocycles. The van der Waals surface area contributed by atoms with Crippen molar-refractivity contribution in [1.29, 1.82) is 0 Å². The zero-order valence-electron chi connectivity index (χ0n) is 29.3. The SMILES string of the molecule is CCCCCCCCN(C(=O)C(Cc1ccc(O)cc1)NC(=O)OC(C)(C)C)C(C(=O)Nc1c(C)cccc1Cl)c1ccc(CC)cc1. The molecule has 0 aliphatic rings. The zero-order chi connectivity index (χ0) is 35.3. The molecule has 3 N–H and O–H groups in total. The van der Waals surface area contributed by atoms with E-state index < -0.39 is 35.6 Å². The summed E-state index contributed by atoms with van der Waals surface area (Å²) in [6.45, 7) is 11.7. The van der Waals surface area contributed by atoms with Crippen molar-refractivity contribution in [2.75, 3.05) is 11.9 Å². The topological polar surface area (TPSA) is 108 Å². The van der Waals surface area contributed by atoms with Gasteiger partial charge in [-0.05, 0) is 81.0 Å². The smallest absolute Gasteiger partial charge is 0.408 e. The highest BCUT2D eigenvalue weighted by atomic mass is 35.5. The first kappa shape index (κ1) is 38.4. The van der Waals surface area contributed by atoms with E-state index in [2.05, 4.69) is 24.5 Å². The lowest BCUT2D eigenvalue weighted by molar-refractivity contribution is -0.140. The largest absolute Gasteiger partial charge is 0.508 e. The van der Waals surface area contributed by atoms with Crippen molar-refractivity contribution in [3.8, 4) is 5.75 Å². The second kappa shape index (κ2) is 18.5. The van der Waals surface area contributed by atoms with Crippen molar-refractivity contribution >= 4 is 35.2 Å². The van der Waals surface area contributed by atoms with E-state index in [4.69, 9.17) is 16.3 Å². The average molecular weight is 678 g/mol. The number of benzene rings is 3. The molecule has 9 heteroatoms. The number of alkyl carbamates (subject to hydrolysis) is 1. The highest BCUT2D eigenvalue weighted by molar-refractivity contribution is 6.34. The summed E-state index contributed by atoms with van der Waals surface area (Å²) in [5, 5.41) is 16.1. The molecule has 0 spiro atoms. The average Bonchev–Trinajstić information content (AvgIpc) is 3.03. The Labute approximate surface area is 291 Å². The minimum Gasteiger partial charge on any atom is -0.508 e. The Kier molecular flexibility index (Phi) is 14.8. The van der Waals surface area contributed by atoms with Gasteiger partial charge in [0.1, 0.15) is 23.4 Å².